The molecule has 1 aliphatic rings. The first-order chi connectivity index (χ1) is 10.4. The number of nitrogens with one attached hydrogen (secondary N) is 1. The number of anilines is 1. The van der Waals surface area contributed by atoms with E-state index in [1.54, 1.807) is 32.3 Å². The minimum Gasteiger partial charge on any atom is -0.369 e. The van der Waals surface area contributed by atoms with Crippen molar-refractivity contribution >= 4 is 22.8 Å². The summed E-state index contributed by atoms with van der Waals surface area (Å²) in [5.74, 6) is 0. The molecule has 2 N–H and O–H groups in total. The highest BCUT2D eigenvalue weighted by atomic mass is 16.3. The van der Waals surface area contributed by atoms with Crippen molar-refractivity contribution in [2.45, 2.75) is 6.23 Å². The molecule has 1 aliphatic heterocycles. The average molecular weight is 299 g/mol. The molecule has 2 heterocycles. The summed E-state index contributed by atoms with van der Waals surface area (Å²) in [5, 5.41) is 20.8. The number of aliphatic hydroxyl groups excluding tert-OH is 1. The molecule has 2 aromatic rings. The molecule has 0 fully saturated rings. The molecule has 22 heavy (non-hydrogen) atoms. The zero-order chi connectivity index (χ0) is 16.0. The number of aryl methyl sites for hydroxylation is 2. The Morgan fingerprint density at radius 2 is 1.91 bits per heavy atom. The number of aromatic nitrogens is 2. The minimum atomic E-state index is -1.31. The van der Waals surface area contributed by atoms with Crippen molar-refractivity contribution in [3.63, 3.8) is 0 Å². The lowest BCUT2D eigenvalue weighted by molar-refractivity contribution is 0.172. The second kappa shape index (κ2) is 4.75. The van der Waals surface area contributed by atoms with E-state index < -0.39 is 12.3 Å². The molecular weight excluding hydrogens is 286 g/mol. The monoisotopic (exact) mass is 299 g/mol. The van der Waals surface area contributed by atoms with Crippen molar-refractivity contribution in [2.24, 2.45) is 14.1 Å². The maximum atomic E-state index is 12.0. The van der Waals surface area contributed by atoms with Crippen molar-refractivity contribution in [2.75, 3.05) is 4.90 Å². The SMILES string of the molecule is Cn1c(=O)n(C)c2cc(N3C=C(C#N)C(O)NC3=O)ccc21. The van der Waals surface area contributed by atoms with E-state index in [1.165, 1.54) is 20.2 Å². The van der Waals surface area contributed by atoms with E-state index in [9.17, 15) is 14.7 Å². The molecule has 1 aromatic carbocycles. The number of aliphatic hydroxyl groups is 1. The van der Waals surface area contributed by atoms with E-state index >= 15 is 0 Å². The normalized spacial score (nSPS) is 18.1. The van der Waals surface area contributed by atoms with Crippen molar-refractivity contribution < 1.29 is 9.90 Å². The Hall–Kier alpha value is -3.05. The van der Waals surface area contributed by atoms with Gasteiger partial charge in [0.1, 0.15) is 6.07 Å². The highest BCUT2D eigenvalue weighted by molar-refractivity contribution is 5.97. The third kappa shape index (κ3) is 1.88. The lowest BCUT2D eigenvalue weighted by atomic mass is 10.2. The van der Waals surface area contributed by atoms with Gasteiger partial charge in [-0.15, -0.1) is 0 Å². The fourth-order valence-electron chi connectivity index (χ4n) is 2.46. The number of imidazole rings is 1. The summed E-state index contributed by atoms with van der Waals surface area (Å²) in [5.41, 5.74) is 1.75. The minimum absolute atomic E-state index is 0.0293. The molecule has 1 aromatic heterocycles. The molecule has 0 radical (unpaired) electrons. The summed E-state index contributed by atoms with van der Waals surface area (Å²) in [6.07, 6.45) is -0.0234. The van der Waals surface area contributed by atoms with Crippen LogP contribution in [0.2, 0.25) is 0 Å². The van der Waals surface area contributed by atoms with Crippen LogP contribution in [-0.2, 0) is 14.1 Å². The molecule has 0 saturated heterocycles. The zero-order valence-corrected chi connectivity index (χ0v) is 11.9. The Balaban J connectivity index is 2.17. The molecule has 0 saturated carbocycles. The number of benzene rings is 1. The molecule has 0 bridgehead atoms. The number of fused-ring (bicyclic) bond motifs is 1. The van der Waals surface area contributed by atoms with Crippen LogP contribution in [0.4, 0.5) is 10.5 Å². The molecule has 8 nitrogen and oxygen atoms in total. The van der Waals surface area contributed by atoms with E-state index in [1.807, 2.05) is 6.07 Å². The van der Waals surface area contributed by atoms with E-state index in [0.29, 0.717) is 11.2 Å². The lowest BCUT2D eigenvalue weighted by Gasteiger charge is -2.27. The van der Waals surface area contributed by atoms with Gasteiger partial charge in [-0.25, -0.2) is 9.59 Å². The predicted octanol–water partition coefficient (Wildman–Crippen LogP) is 0.132. The number of nitrogens with zero attached hydrogens (tertiary/aromatic N) is 4. The number of urea groups is 1. The van der Waals surface area contributed by atoms with Gasteiger partial charge in [0, 0.05) is 20.3 Å². The predicted molar refractivity (Wildman–Crippen MR) is 78.9 cm³/mol. The molecule has 8 heteroatoms. The Bertz CT molecular complexity index is 915. The highest BCUT2D eigenvalue weighted by Gasteiger charge is 2.26. The standard InChI is InChI=1S/C14H13N5O3/c1-17-10-4-3-9(5-11(10)18(2)14(17)22)19-7-8(6-15)12(20)16-13(19)21/h3-5,7,12,20H,1-2H3,(H,16,21). The first kappa shape index (κ1) is 13.9. The summed E-state index contributed by atoms with van der Waals surface area (Å²) in [7, 11) is 3.31. The Morgan fingerprint density at radius 1 is 1.23 bits per heavy atom. The van der Waals surface area contributed by atoms with Crippen LogP contribution in [-0.4, -0.2) is 26.5 Å². The van der Waals surface area contributed by atoms with Crippen LogP contribution >= 0.6 is 0 Å². The molecular formula is C14H13N5O3. The van der Waals surface area contributed by atoms with Crippen molar-refractivity contribution in [1.29, 1.82) is 5.26 Å². The maximum Gasteiger partial charge on any atom is 0.328 e. The van der Waals surface area contributed by atoms with Gasteiger partial charge < -0.3 is 10.4 Å². The summed E-state index contributed by atoms with van der Waals surface area (Å²) in [6.45, 7) is 0. The number of carbonyl (C=O) groups is 1. The Morgan fingerprint density at radius 3 is 2.59 bits per heavy atom. The van der Waals surface area contributed by atoms with Crippen LogP contribution in [0.1, 0.15) is 0 Å². The number of hydrogen-bond donors (Lipinski definition) is 2. The van der Waals surface area contributed by atoms with E-state index in [-0.39, 0.29) is 11.3 Å². The Kier molecular flexibility index (Phi) is 3.00. The first-order valence-corrected chi connectivity index (χ1v) is 6.49. The van der Waals surface area contributed by atoms with Gasteiger partial charge in [0.2, 0.25) is 0 Å². The average Bonchev–Trinajstić information content (AvgIpc) is 2.72. The first-order valence-electron chi connectivity index (χ1n) is 6.49. The zero-order valence-electron chi connectivity index (χ0n) is 11.9. The number of rotatable bonds is 1. The number of nitriles is 1. The van der Waals surface area contributed by atoms with Gasteiger partial charge in [-0.1, -0.05) is 0 Å². The number of amides is 2. The third-order valence-electron chi connectivity index (χ3n) is 3.70. The van der Waals surface area contributed by atoms with E-state index in [0.717, 1.165) is 5.52 Å². The van der Waals surface area contributed by atoms with Gasteiger partial charge in [-0.05, 0) is 18.2 Å². The molecule has 3 rings (SSSR count). The second-order valence-corrected chi connectivity index (χ2v) is 4.99. The van der Waals surface area contributed by atoms with Crippen LogP contribution in [0.5, 0.6) is 0 Å². The smallest absolute Gasteiger partial charge is 0.328 e. The molecule has 0 spiro atoms. The molecule has 0 aliphatic carbocycles. The third-order valence-corrected chi connectivity index (χ3v) is 3.70. The Labute approximate surface area is 125 Å². The van der Waals surface area contributed by atoms with E-state index in [4.69, 9.17) is 5.26 Å². The second-order valence-electron chi connectivity index (χ2n) is 4.99. The fraction of sp³-hybridized carbons (Fsp3) is 0.214. The molecule has 1 unspecified atom stereocenters. The quantitative estimate of drug-likeness (QED) is 0.781. The van der Waals surface area contributed by atoms with Crippen molar-refractivity contribution in [3.05, 3.63) is 40.5 Å². The van der Waals surface area contributed by atoms with Crippen LogP contribution in [0.15, 0.2) is 34.8 Å². The summed E-state index contributed by atoms with van der Waals surface area (Å²) in [6, 6.07) is 6.36. The fourth-order valence-corrected chi connectivity index (χ4v) is 2.46. The van der Waals surface area contributed by atoms with Crippen LogP contribution in [0.3, 0.4) is 0 Å². The summed E-state index contributed by atoms with van der Waals surface area (Å²) >= 11 is 0. The highest BCUT2D eigenvalue weighted by Crippen LogP contribution is 2.24. The largest absolute Gasteiger partial charge is 0.369 e. The van der Waals surface area contributed by atoms with Crippen molar-refractivity contribution in [1.82, 2.24) is 14.5 Å². The number of carbonyl (C=O) groups excluding carboxylic acids is 1. The molecule has 2 amide bonds. The van der Waals surface area contributed by atoms with Gasteiger partial charge in [-0.2, -0.15) is 5.26 Å². The van der Waals surface area contributed by atoms with Gasteiger partial charge in [0.05, 0.1) is 22.3 Å². The van der Waals surface area contributed by atoms with Gasteiger partial charge in [0.15, 0.2) is 6.23 Å². The maximum absolute atomic E-state index is 12.0. The lowest BCUT2D eigenvalue weighted by Crippen LogP contribution is -2.48. The van der Waals surface area contributed by atoms with Gasteiger partial charge in [-0.3, -0.25) is 14.0 Å². The molecule has 1 atom stereocenters. The summed E-state index contributed by atoms with van der Waals surface area (Å²) in [4.78, 5) is 25.1. The van der Waals surface area contributed by atoms with Gasteiger partial charge in [0.25, 0.3) is 0 Å². The van der Waals surface area contributed by atoms with Crippen molar-refractivity contribution in [3.8, 4) is 6.07 Å². The topological polar surface area (TPSA) is 103 Å². The van der Waals surface area contributed by atoms with E-state index in [2.05, 4.69) is 5.32 Å². The van der Waals surface area contributed by atoms with Crippen LogP contribution in [0, 0.1) is 11.3 Å². The summed E-state index contributed by atoms with van der Waals surface area (Å²) < 4.78 is 2.99. The van der Waals surface area contributed by atoms with Gasteiger partial charge >= 0.3 is 11.7 Å². The number of hydrogen-bond acceptors (Lipinski definition) is 4. The molecule has 112 valence electrons. The van der Waals surface area contributed by atoms with Crippen LogP contribution < -0.4 is 15.9 Å². The van der Waals surface area contributed by atoms with Crippen LogP contribution in [0.25, 0.3) is 11.0 Å².